The molecule has 0 bridgehead atoms. The summed E-state index contributed by atoms with van der Waals surface area (Å²) < 4.78 is 1.00. The normalized spacial score (nSPS) is 15.3. The third-order valence-corrected chi connectivity index (χ3v) is 4.75. The molecule has 2 aromatic heterocycles. The molecule has 4 nitrogen and oxygen atoms in total. The van der Waals surface area contributed by atoms with Crippen LogP contribution in [0.2, 0.25) is 0 Å². The number of carbonyl (C=O) groups is 1. The van der Waals surface area contributed by atoms with Crippen molar-refractivity contribution in [2.45, 2.75) is 33.6 Å². The minimum Gasteiger partial charge on any atom is -0.339 e. The van der Waals surface area contributed by atoms with Crippen molar-refractivity contribution in [2.24, 2.45) is 5.92 Å². The van der Waals surface area contributed by atoms with Crippen LogP contribution in [0.3, 0.4) is 0 Å². The molecule has 0 unspecified atom stereocenters. The number of halogens is 1. The van der Waals surface area contributed by atoms with Crippen molar-refractivity contribution < 1.29 is 4.79 Å². The molecule has 2 aromatic rings. The maximum Gasteiger partial charge on any atom is 0.219 e. The van der Waals surface area contributed by atoms with Crippen molar-refractivity contribution in [1.29, 1.82) is 0 Å². The van der Waals surface area contributed by atoms with E-state index in [4.69, 9.17) is 0 Å². The number of fused-ring (bicyclic) bond motifs is 1. The predicted octanol–water partition coefficient (Wildman–Crippen LogP) is 4.16. The van der Waals surface area contributed by atoms with Crippen LogP contribution in [-0.2, 0) is 11.2 Å². The summed E-state index contributed by atoms with van der Waals surface area (Å²) in [4.78, 5) is 21.4. The Hall–Kier alpha value is -1.62. The molecule has 0 atom stereocenters. The summed E-state index contributed by atoms with van der Waals surface area (Å²) in [6.07, 6.45) is 5.91. The Morgan fingerprint density at radius 2 is 2.26 bits per heavy atom. The smallest absolute Gasteiger partial charge is 0.219 e. The number of hydrogen-bond acceptors (Lipinski definition) is 2. The fourth-order valence-corrected chi connectivity index (χ4v) is 3.51. The predicted molar refractivity (Wildman–Crippen MR) is 97.2 cm³/mol. The number of nitrogens with one attached hydrogen (secondary N) is 1. The van der Waals surface area contributed by atoms with Gasteiger partial charge in [-0.2, -0.15) is 0 Å². The molecule has 0 fully saturated rings. The van der Waals surface area contributed by atoms with Crippen molar-refractivity contribution >= 4 is 38.4 Å². The van der Waals surface area contributed by atoms with Crippen LogP contribution in [0.1, 0.15) is 38.4 Å². The van der Waals surface area contributed by atoms with E-state index in [1.165, 1.54) is 22.2 Å². The van der Waals surface area contributed by atoms with Crippen molar-refractivity contribution in [3.8, 4) is 0 Å². The Labute approximate surface area is 145 Å². The van der Waals surface area contributed by atoms with E-state index < -0.39 is 0 Å². The lowest BCUT2D eigenvalue weighted by molar-refractivity contribution is -0.128. The van der Waals surface area contributed by atoms with Gasteiger partial charge in [-0.15, -0.1) is 0 Å². The van der Waals surface area contributed by atoms with Gasteiger partial charge in [0.2, 0.25) is 5.91 Å². The number of H-pyrrole nitrogens is 1. The largest absolute Gasteiger partial charge is 0.339 e. The summed E-state index contributed by atoms with van der Waals surface area (Å²) in [5, 5.41) is 1.19. The Morgan fingerprint density at radius 3 is 2.87 bits per heavy atom. The number of aromatic nitrogens is 2. The average Bonchev–Trinajstić information content (AvgIpc) is 2.85. The van der Waals surface area contributed by atoms with Crippen molar-refractivity contribution in [2.75, 3.05) is 13.1 Å². The first-order chi connectivity index (χ1) is 11.0. The van der Waals surface area contributed by atoms with Crippen LogP contribution >= 0.6 is 15.9 Å². The minimum atomic E-state index is 0.143. The number of carbonyl (C=O) groups excluding carboxylic acids is 1. The molecule has 3 heterocycles. The molecule has 0 saturated heterocycles. The minimum absolute atomic E-state index is 0.143. The summed E-state index contributed by atoms with van der Waals surface area (Å²) in [7, 11) is 0. The lowest BCUT2D eigenvalue weighted by Gasteiger charge is -2.25. The molecule has 0 saturated carbocycles. The van der Waals surface area contributed by atoms with E-state index in [0.717, 1.165) is 29.5 Å². The third-order valence-electron chi connectivity index (χ3n) is 4.31. The molecule has 23 heavy (non-hydrogen) atoms. The van der Waals surface area contributed by atoms with E-state index in [0.29, 0.717) is 12.5 Å². The SMILES string of the molecule is CC(=O)N1CC=C(c2[nH]c3ncc(Br)cc3c2CC(C)C)CC1. The van der Waals surface area contributed by atoms with Gasteiger partial charge in [-0.3, -0.25) is 4.79 Å². The van der Waals surface area contributed by atoms with Crippen LogP contribution in [-0.4, -0.2) is 33.9 Å². The summed E-state index contributed by atoms with van der Waals surface area (Å²) >= 11 is 3.53. The second-order valence-corrected chi connectivity index (χ2v) is 7.49. The van der Waals surface area contributed by atoms with Gasteiger partial charge >= 0.3 is 0 Å². The van der Waals surface area contributed by atoms with Crippen LogP contribution in [0.4, 0.5) is 0 Å². The fraction of sp³-hybridized carbons (Fsp3) is 0.444. The molecule has 0 aliphatic carbocycles. The zero-order chi connectivity index (χ0) is 16.6. The van der Waals surface area contributed by atoms with Gasteiger partial charge < -0.3 is 9.88 Å². The van der Waals surface area contributed by atoms with E-state index >= 15 is 0 Å². The van der Waals surface area contributed by atoms with E-state index in [-0.39, 0.29) is 5.91 Å². The molecule has 1 aliphatic heterocycles. The summed E-state index contributed by atoms with van der Waals surface area (Å²) in [5.74, 6) is 0.717. The second kappa shape index (κ2) is 6.48. The summed E-state index contributed by atoms with van der Waals surface area (Å²) in [6.45, 7) is 7.59. The van der Waals surface area contributed by atoms with Gasteiger partial charge in [0.1, 0.15) is 5.65 Å². The molecule has 0 aromatic carbocycles. The van der Waals surface area contributed by atoms with Crippen LogP contribution in [0.5, 0.6) is 0 Å². The van der Waals surface area contributed by atoms with E-state index in [9.17, 15) is 4.79 Å². The molecule has 1 aliphatic rings. The fourth-order valence-electron chi connectivity index (χ4n) is 3.17. The highest BCUT2D eigenvalue weighted by Gasteiger charge is 2.21. The second-order valence-electron chi connectivity index (χ2n) is 6.57. The first-order valence-electron chi connectivity index (χ1n) is 8.06. The number of aromatic amines is 1. The number of rotatable bonds is 3. The molecule has 1 N–H and O–H groups in total. The van der Waals surface area contributed by atoms with Gasteiger partial charge in [0.05, 0.1) is 0 Å². The van der Waals surface area contributed by atoms with E-state index in [1.54, 1.807) is 6.92 Å². The molecule has 1 amide bonds. The maximum atomic E-state index is 11.5. The van der Waals surface area contributed by atoms with Gasteiger partial charge in [-0.05, 0) is 51.9 Å². The zero-order valence-electron chi connectivity index (χ0n) is 13.8. The molecule has 5 heteroatoms. The maximum absolute atomic E-state index is 11.5. The summed E-state index contributed by atoms with van der Waals surface area (Å²) in [6, 6.07) is 2.14. The molecular weight excluding hydrogens is 354 g/mol. The third kappa shape index (κ3) is 3.34. The Bertz CT molecular complexity index is 776. The van der Waals surface area contributed by atoms with Crippen LogP contribution in [0.15, 0.2) is 22.8 Å². The number of amides is 1. The Balaban J connectivity index is 2.04. The monoisotopic (exact) mass is 375 g/mol. The van der Waals surface area contributed by atoms with Crippen LogP contribution < -0.4 is 0 Å². The van der Waals surface area contributed by atoms with Gasteiger partial charge in [0.15, 0.2) is 0 Å². The quantitative estimate of drug-likeness (QED) is 0.875. The number of pyridine rings is 1. The van der Waals surface area contributed by atoms with Gasteiger partial charge in [0.25, 0.3) is 0 Å². The van der Waals surface area contributed by atoms with Crippen LogP contribution in [0, 0.1) is 5.92 Å². The first kappa shape index (κ1) is 16.2. The highest BCUT2D eigenvalue weighted by atomic mass is 79.9. The van der Waals surface area contributed by atoms with E-state index in [2.05, 4.69) is 51.9 Å². The van der Waals surface area contributed by atoms with Crippen molar-refractivity contribution in [3.63, 3.8) is 0 Å². The average molecular weight is 376 g/mol. The lowest BCUT2D eigenvalue weighted by atomic mass is 9.95. The number of hydrogen-bond donors (Lipinski definition) is 1. The standard InChI is InChI=1S/C18H22BrN3O/c1-11(2)8-15-16-9-14(19)10-20-18(16)21-17(15)13-4-6-22(7-5-13)12(3)23/h4,9-11H,5-8H2,1-3H3,(H,20,21). The first-order valence-corrected chi connectivity index (χ1v) is 8.86. The van der Waals surface area contributed by atoms with E-state index in [1.807, 2.05) is 11.1 Å². The lowest BCUT2D eigenvalue weighted by Crippen LogP contribution is -2.32. The van der Waals surface area contributed by atoms with Gasteiger partial charge in [-0.25, -0.2) is 4.98 Å². The highest BCUT2D eigenvalue weighted by Crippen LogP contribution is 2.32. The van der Waals surface area contributed by atoms with Gasteiger partial charge in [-0.1, -0.05) is 19.9 Å². The van der Waals surface area contributed by atoms with Crippen molar-refractivity contribution in [3.05, 3.63) is 34.1 Å². The highest BCUT2D eigenvalue weighted by molar-refractivity contribution is 9.10. The number of nitrogens with zero attached hydrogens (tertiary/aromatic N) is 2. The summed E-state index contributed by atoms with van der Waals surface area (Å²) in [5.41, 5.74) is 4.77. The molecule has 0 radical (unpaired) electrons. The Morgan fingerprint density at radius 1 is 1.48 bits per heavy atom. The molecule has 0 spiro atoms. The molecule has 3 rings (SSSR count). The molecular formula is C18H22BrN3O. The Kier molecular flexibility index (Phi) is 4.57. The van der Waals surface area contributed by atoms with Crippen LogP contribution in [0.25, 0.3) is 16.6 Å². The zero-order valence-corrected chi connectivity index (χ0v) is 15.4. The van der Waals surface area contributed by atoms with Gasteiger partial charge in [0, 0.05) is 41.8 Å². The van der Waals surface area contributed by atoms with Crippen molar-refractivity contribution in [1.82, 2.24) is 14.9 Å². The topological polar surface area (TPSA) is 49.0 Å². The molecule has 122 valence electrons.